The molecule has 19 heavy (non-hydrogen) atoms. The predicted octanol–water partition coefficient (Wildman–Crippen LogP) is 2.95. The minimum absolute atomic E-state index is 0.289. The zero-order valence-electron chi connectivity index (χ0n) is 11.4. The van der Waals surface area contributed by atoms with E-state index in [9.17, 15) is 9.90 Å². The van der Waals surface area contributed by atoms with Gasteiger partial charge in [0.25, 0.3) is 0 Å². The van der Waals surface area contributed by atoms with Crippen LogP contribution in [0.4, 0.5) is 0 Å². The van der Waals surface area contributed by atoms with E-state index in [-0.39, 0.29) is 6.04 Å². The molecule has 2 aromatic rings. The van der Waals surface area contributed by atoms with Crippen molar-refractivity contribution in [1.29, 1.82) is 0 Å². The molecule has 1 N–H and O–H groups in total. The first-order chi connectivity index (χ1) is 8.84. The Bertz CT molecular complexity index is 599. The summed E-state index contributed by atoms with van der Waals surface area (Å²) in [4.78, 5) is 19.8. The topological polar surface area (TPSA) is 68.0 Å². The molecule has 0 bridgehead atoms. The van der Waals surface area contributed by atoms with Gasteiger partial charge in [-0.25, -0.2) is 9.97 Å². The summed E-state index contributed by atoms with van der Waals surface area (Å²) in [5, 5.41) is 11.8. The maximum Gasteiger partial charge on any atom is 0.315 e. The number of carboxylic acids is 1. The predicted molar refractivity (Wildman–Crippen MR) is 74.4 cm³/mol. The van der Waals surface area contributed by atoms with Crippen LogP contribution >= 0.6 is 11.3 Å². The number of carbonyl (C=O) groups is 1. The molecular formula is C13H17N3O2S. The van der Waals surface area contributed by atoms with Crippen LogP contribution in [0.15, 0.2) is 17.9 Å². The van der Waals surface area contributed by atoms with Crippen molar-refractivity contribution in [2.24, 2.45) is 0 Å². The van der Waals surface area contributed by atoms with E-state index in [1.54, 1.807) is 31.8 Å². The molecule has 2 aromatic heterocycles. The molecule has 2 rings (SSSR count). The second kappa shape index (κ2) is 4.77. The molecule has 0 aliphatic heterocycles. The Morgan fingerprint density at radius 3 is 2.74 bits per heavy atom. The Balaban J connectivity index is 2.42. The first-order valence-electron chi connectivity index (χ1n) is 6.05. The van der Waals surface area contributed by atoms with E-state index >= 15 is 0 Å². The number of nitrogens with zero attached hydrogens (tertiary/aromatic N) is 3. The third-order valence-corrected chi connectivity index (χ3v) is 3.99. The van der Waals surface area contributed by atoms with E-state index < -0.39 is 11.4 Å². The highest BCUT2D eigenvalue weighted by Gasteiger charge is 2.32. The molecule has 0 aromatic carbocycles. The minimum atomic E-state index is -0.975. The van der Waals surface area contributed by atoms with Crippen LogP contribution < -0.4 is 0 Å². The van der Waals surface area contributed by atoms with Crippen molar-refractivity contribution in [1.82, 2.24) is 14.5 Å². The normalized spacial score (nSPS) is 12.1. The number of rotatable bonds is 4. The first kappa shape index (κ1) is 13.7. The van der Waals surface area contributed by atoms with E-state index in [4.69, 9.17) is 0 Å². The van der Waals surface area contributed by atoms with Gasteiger partial charge in [-0.15, -0.1) is 11.3 Å². The van der Waals surface area contributed by atoms with Crippen LogP contribution in [0.2, 0.25) is 0 Å². The lowest BCUT2D eigenvalue weighted by Gasteiger charge is -2.15. The number of hydrogen-bond acceptors (Lipinski definition) is 4. The summed E-state index contributed by atoms with van der Waals surface area (Å²) in [6, 6.07) is 0.289. The maximum absolute atomic E-state index is 11.2. The smallest absolute Gasteiger partial charge is 0.315 e. The fourth-order valence-corrected chi connectivity index (χ4v) is 2.67. The Kier molecular flexibility index (Phi) is 3.45. The van der Waals surface area contributed by atoms with Gasteiger partial charge in [0, 0.05) is 11.4 Å². The van der Waals surface area contributed by atoms with Crippen LogP contribution in [-0.4, -0.2) is 25.6 Å². The fraction of sp³-hybridized carbons (Fsp3) is 0.462. The van der Waals surface area contributed by atoms with Crippen LogP contribution in [0.1, 0.15) is 39.4 Å². The van der Waals surface area contributed by atoms with Gasteiger partial charge < -0.3 is 9.67 Å². The van der Waals surface area contributed by atoms with Gasteiger partial charge in [-0.05, 0) is 27.7 Å². The first-order valence-corrected chi connectivity index (χ1v) is 6.93. The SMILES string of the molecule is CC(C)n1cncc1-c1nc(C(C)(C)C(=O)O)cs1. The van der Waals surface area contributed by atoms with Crippen molar-refractivity contribution in [2.75, 3.05) is 0 Å². The van der Waals surface area contributed by atoms with Gasteiger partial charge in [-0.2, -0.15) is 0 Å². The number of imidazole rings is 1. The molecule has 102 valence electrons. The van der Waals surface area contributed by atoms with E-state index in [1.165, 1.54) is 11.3 Å². The molecule has 6 heteroatoms. The highest BCUT2D eigenvalue weighted by atomic mass is 32.1. The van der Waals surface area contributed by atoms with E-state index in [0.29, 0.717) is 5.69 Å². The monoisotopic (exact) mass is 279 g/mol. The minimum Gasteiger partial charge on any atom is -0.481 e. The summed E-state index contributed by atoms with van der Waals surface area (Å²) in [7, 11) is 0. The van der Waals surface area contributed by atoms with Gasteiger partial charge in [-0.3, -0.25) is 4.79 Å². The average molecular weight is 279 g/mol. The van der Waals surface area contributed by atoms with Gasteiger partial charge in [0.2, 0.25) is 0 Å². The summed E-state index contributed by atoms with van der Waals surface area (Å²) < 4.78 is 2.02. The standard InChI is InChI=1S/C13H17N3O2S/c1-8(2)16-7-14-5-9(16)11-15-10(6-19-11)13(3,4)12(17)18/h5-8H,1-4H3,(H,17,18). The zero-order valence-corrected chi connectivity index (χ0v) is 12.2. The Morgan fingerprint density at radius 2 is 2.16 bits per heavy atom. The molecular weight excluding hydrogens is 262 g/mol. The number of hydrogen-bond donors (Lipinski definition) is 1. The largest absolute Gasteiger partial charge is 0.481 e. The number of aromatic nitrogens is 3. The van der Waals surface area contributed by atoms with Gasteiger partial charge in [0.15, 0.2) is 0 Å². The van der Waals surface area contributed by atoms with Crippen LogP contribution in [0.3, 0.4) is 0 Å². The molecule has 0 saturated carbocycles. The fourth-order valence-electron chi connectivity index (χ4n) is 1.67. The molecule has 0 fully saturated rings. The molecule has 0 radical (unpaired) electrons. The maximum atomic E-state index is 11.2. The second-order valence-corrected chi connectivity index (χ2v) is 6.11. The quantitative estimate of drug-likeness (QED) is 0.934. The molecule has 5 nitrogen and oxygen atoms in total. The summed E-state index contributed by atoms with van der Waals surface area (Å²) in [5.41, 5.74) is 0.529. The van der Waals surface area contributed by atoms with E-state index in [0.717, 1.165) is 10.7 Å². The summed E-state index contributed by atoms with van der Waals surface area (Å²) in [6.07, 6.45) is 3.53. The summed E-state index contributed by atoms with van der Waals surface area (Å²) in [5.74, 6) is -0.873. The lowest BCUT2D eigenvalue weighted by atomic mass is 9.90. The lowest BCUT2D eigenvalue weighted by Crippen LogP contribution is -2.28. The van der Waals surface area contributed by atoms with Crippen LogP contribution in [0.5, 0.6) is 0 Å². The molecule has 0 amide bonds. The van der Waals surface area contributed by atoms with Crippen LogP contribution in [-0.2, 0) is 10.2 Å². The Hall–Kier alpha value is -1.69. The molecule has 0 aliphatic rings. The van der Waals surface area contributed by atoms with Gasteiger partial charge in [0.1, 0.15) is 10.4 Å². The third kappa shape index (κ3) is 2.40. The molecule has 0 aliphatic carbocycles. The van der Waals surface area contributed by atoms with Gasteiger partial charge in [0.05, 0.1) is 23.9 Å². The van der Waals surface area contributed by atoms with Crippen molar-refractivity contribution in [3.8, 4) is 10.7 Å². The number of thiazole rings is 1. The van der Waals surface area contributed by atoms with Gasteiger partial charge >= 0.3 is 5.97 Å². The van der Waals surface area contributed by atoms with Crippen LogP contribution in [0, 0.1) is 0 Å². The van der Waals surface area contributed by atoms with Crippen molar-refractivity contribution < 1.29 is 9.90 Å². The van der Waals surface area contributed by atoms with Gasteiger partial charge in [-0.1, -0.05) is 0 Å². The highest BCUT2D eigenvalue weighted by molar-refractivity contribution is 7.13. The highest BCUT2D eigenvalue weighted by Crippen LogP contribution is 2.31. The van der Waals surface area contributed by atoms with Crippen molar-refractivity contribution in [2.45, 2.75) is 39.2 Å². The second-order valence-electron chi connectivity index (χ2n) is 5.25. The van der Waals surface area contributed by atoms with E-state index in [1.807, 2.05) is 4.57 Å². The molecule has 0 atom stereocenters. The van der Waals surface area contributed by atoms with Crippen molar-refractivity contribution >= 4 is 17.3 Å². The average Bonchev–Trinajstić information content (AvgIpc) is 2.97. The molecule has 0 saturated heterocycles. The number of aliphatic carboxylic acids is 1. The van der Waals surface area contributed by atoms with E-state index in [2.05, 4.69) is 23.8 Å². The van der Waals surface area contributed by atoms with Crippen LogP contribution in [0.25, 0.3) is 10.7 Å². The van der Waals surface area contributed by atoms with Crippen molar-refractivity contribution in [3.63, 3.8) is 0 Å². The number of carboxylic acid groups (broad SMARTS) is 1. The Morgan fingerprint density at radius 1 is 1.47 bits per heavy atom. The molecule has 2 heterocycles. The van der Waals surface area contributed by atoms with Crippen molar-refractivity contribution in [3.05, 3.63) is 23.6 Å². The molecule has 0 unspecified atom stereocenters. The summed E-state index contributed by atoms with van der Waals surface area (Å²) in [6.45, 7) is 7.46. The third-order valence-electron chi connectivity index (χ3n) is 3.12. The Labute approximate surface area is 115 Å². The lowest BCUT2D eigenvalue weighted by molar-refractivity contribution is -0.142. The molecule has 0 spiro atoms. The zero-order chi connectivity index (χ0) is 14.2. The summed E-state index contributed by atoms with van der Waals surface area (Å²) >= 11 is 1.45.